The first-order chi connectivity index (χ1) is 14.0. The van der Waals surface area contributed by atoms with Crippen molar-refractivity contribution in [1.82, 2.24) is 5.48 Å². The Morgan fingerprint density at radius 3 is 2.03 bits per heavy atom. The van der Waals surface area contributed by atoms with E-state index in [1.54, 1.807) is 26.2 Å². The van der Waals surface area contributed by atoms with Crippen molar-refractivity contribution in [1.29, 1.82) is 0 Å². The van der Waals surface area contributed by atoms with E-state index in [4.69, 9.17) is 9.57 Å². The summed E-state index contributed by atoms with van der Waals surface area (Å²) in [7, 11) is -1.80. The Balaban J connectivity index is 1.58. The van der Waals surface area contributed by atoms with E-state index in [2.05, 4.69) is 5.48 Å². The SMILES string of the molecule is COc1ccc(-c2ccc(S(=O)(=O)CC(C)NOCc3ccccc3)cc2)cc1. The molecule has 0 aliphatic carbocycles. The second-order valence-electron chi connectivity index (χ2n) is 6.83. The van der Waals surface area contributed by atoms with Gasteiger partial charge in [-0.05, 0) is 47.9 Å². The maximum absolute atomic E-state index is 12.7. The Morgan fingerprint density at radius 2 is 1.45 bits per heavy atom. The Kier molecular flexibility index (Phi) is 7.04. The monoisotopic (exact) mass is 411 g/mol. The summed E-state index contributed by atoms with van der Waals surface area (Å²) in [4.78, 5) is 5.73. The highest BCUT2D eigenvalue weighted by atomic mass is 32.2. The molecule has 1 atom stereocenters. The van der Waals surface area contributed by atoms with E-state index in [1.807, 2.05) is 66.7 Å². The lowest BCUT2D eigenvalue weighted by Gasteiger charge is -2.14. The lowest BCUT2D eigenvalue weighted by atomic mass is 10.1. The number of hydroxylamine groups is 1. The second kappa shape index (κ2) is 9.69. The van der Waals surface area contributed by atoms with Crippen LogP contribution in [0.25, 0.3) is 11.1 Å². The first kappa shape index (κ1) is 21.0. The van der Waals surface area contributed by atoms with Gasteiger partial charge >= 0.3 is 0 Å². The van der Waals surface area contributed by atoms with Crippen LogP contribution < -0.4 is 10.2 Å². The normalized spacial score (nSPS) is 12.5. The highest BCUT2D eigenvalue weighted by molar-refractivity contribution is 7.91. The van der Waals surface area contributed by atoms with Crippen LogP contribution in [0.2, 0.25) is 0 Å². The standard InChI is InChI=1S/C23H25NO4S/c1-18(24-28-16-19-6-4-3-5-7-19)17-29(25,26)23-14-10-21(11-15-23)20-8-12-22(27-2)13-9-20/h3-15,18,24H,16-17H2,1-2H3. The number of hydrogen-bond acceptors (Lipinski definition) is 5. The van der Waals surface area contributed by atoms with Crippen LogP contribution >= 0.6 is 0 Å². The molecule has 0 saturated carbocycles. The van der Waals surface area contributed by atoms with E-state index in [1.165, 1.54) is 0 Å². The minimum Gasteiger partial charge on any atom is -0.497 e. The fraction of sp³-hybridized carbons (Fsp3) is 0.217. The van der Waals surface area contributed by atoms with Gasteiger partial charge in [0.1, 0.15) is 5.75 Å². The van der Waals surface area contributed by atoms with Gasteiger partial charge in [-0.1, -0.05) is 54.6 Å². The van der Waals surface area contributed by atoms with Gasteiger partial charge in [0.15, 0.2) is 9.84 Å². The van der Waals surface area contributed by atoms with Crippen molar-refractivity contribution in [3.63, 3.8) is 0 Å². The van der Waals surface area contributed by atoms with Crippen molar-refractivity contribution in [2.45, 2.75) is 24.5 Å². The van der Waals surface area contributed by atoms with E-state index < -0.39 is 9.84 Å². The van der Waals surface area contributed by atoms with Crippen molar-refractivity contribution in [2.24, 2.45) is 0 Å². The van der Waals surface area contributed by atoms with Crippen LogP contribution in [0.15, 0.2) is 83.8 Å². The molecule has 0 heterocycles. The predicted molar refractivity (Wildman–Crippen MR) is 114 cm³/mol. The van der Waals surface area contributed by atoms with Crippen LogP contribution in [0.1, 0.15) is 12.5 Å². The topological polar surface area (TPSA) is 64.6 Å². The molecular weight excluding hydrogens is 386 g/mol. The Hall–Kier alpha value is -2.67. The highest BCUT2D eigenvalue weighted by Gasteiger charge is 2.18. The largest absolute Gasteiger partial charge is 0.497 e. The van der Waals surface area contributed by atoms with Gasteiger partial charge in [0.05, 0.1) is 24.4 Å². The summed E-state index contributed by atoms with van der Waals surface area (Å²) in [5.41, 5.74) is 5.78. The summed E-state index contributed by atoms with van der Waals surface area (Å²) < 4.78 is 30.6. The molecule has 0 bridgehead atoms. The molecule has 5 nitrogen and oxygen atoms in total. The van der Waals surface area contributed by atoms with Crippen LogP contribution in [0.4, 0.5) is 0 Å². The maximum atomic E-state index is 12.7. The number of benzene rings is 3. The first-order valence-electron chi connectivity index (χ1n) is 9.36. The quantitative estimate of drug-likeness (QED) is 0.534. The fourth-order valence-electron chi connectivity index (χ4n) is 2.94. The van der Waals surface area contributed by atoms with Gasteiger partial charge in [-0.25, -0.2) is 8.42 Å². The molecule has 3 aromatic rings. The van der Waals surface area contributed by atoms with Crippen LogP contribution in [-0.2, 0) is 21.3 Å². The third-order valence-electron chi connectivity index (χ3n) is 4.47. The smallest absolute Gasteiger partial charge is 0.179 e. The van der Waals surface area contributed by atoms with Gasteiger partial charge in [0.25, 0.3) is 0 Å². The minimum absolute atomic E-state index is 0.0519. The first-order valence-corrected chi connectivity index (χ1v) is 11.0. The van der Waals surface area contributed by atoms with Crippen LogP contribution in [0.5, 0.6) is 5.75 Å². The molecule has 0 spiro atoms. The molecule has 29 heavy (non-hydrogen) atoms. The van der Waals surface area contributed by atoms with Crippen molar-refractivity contribution >= 4 is 9.84 Å². The third kappa shape index (κ3) is 5.90. The zero-order valence-electron chi connectivity index (χ0n) is 16.5. The van der Waals surface area contributed by atoms with Gasteiger partial charge in [-0.15, -0.1) is 0 Å². The van der Waals surface area contributed by atoms with Crippen molar-refractivity contribution in [3.8, 4) is 16.9 Å². The second-order valence-corrected chi connectivity index (χ2v) is 8.86. The fourth-order valence-corrected chi connectivity index (χ4v) is 4.41. The Morgan fingerprint density at radius 1 is 0.862 bits per heavy atom. The molecule has 3 rings (SSSR count). The number of methoxy groups -OCH3 is 1. The predicted octanol–water partition coefficient (Wildman–Crippen LogP) is 4.25. The molecular formula is C23H25NO4S. The zero-order valence-corrected chi connectivity index (χ0v) is 17.4. The molecule has 1 N–H and O–H groups in total. The summed E-state index contributed by atoms with van der Waals surface area (Å²) in [6.45, 7) is 2.16. The summed E-state index contributed by atoms with van der Waals surface area (Å²) in [5, 5.41) is 0. The molecule has 0 radical (unpaired) electrons. The van der Waals surface area contributed by atoms with Gasteiger partial charge in [-0.3, -0.25) is 4.84 Å². The number of rotatable bonds is 9. The van der Waals surface area contributed by atoms with Crippen molar-refractivity contribution in [2.75, 3.05) is 12.9 Å². The number of hydrogen-bond donors (Lipinski definition) is 1. The molecule has 0 aliphatic heterocycles. The molecule has 6 heteroatoms. The van der Waals surface area contributed by atoms with E-state index in [0.717, 1.165) is 22.4 Å². The van der Waals surface area contributed by atoms with E-state index >= 15 is 0 Å². The van der Waals surface area contributed by atoms with Crippen LogP contribution in [0, 0.1) is 0 Å². The van der Waals surface area contributed by atoms with Gasteiger partial charge < -0.3 is 4.74 Å². The van der Waals surface area contributed by atoms with Crippen molar-refractivity contribution < 1.29 is 18.0 Å². The minimum atomic E-state index is -3.43. The number of nitrogens with one attached hydrogen (secondary N) is 1. The molecule has 0 amide bonds. The molecule has 152 valence electrons. The Bertz CT molecular complexity index is 1000. The Labute approximate surface area is 172 Å². The van der Waals surface area contributed by atoms with Crippen LogP contribution in [0.3, 0.4) is 0 Å². The number of sulfone groups is 1. The summed E-state index contributed by atoms with van der Waals surface area (Å²) in [6, 6.07) is 23.9. The molecule has 0 saturated heterocycles. The lowest BCUT2D eigenvalue weighted by Crippen LogP contribution is -2.33. The van der Waals surface area contributed by atoms with Gasteiger partial charge in [-0.2, -0.15) is 5.48 Å². The summed E-state index contributed by atoms with van der Waals surface area (Å²) >= 11 is 0. The number of ether oxygens (including phenoxy) is 1. The maximum Gasteiger partial charge on any atom is 0.179 e. The molecule has 1 unspecified atom stereocenters. The zero-order chi connectivity index (χ0) is 20.7. The van der Waals surface area contributed by atoms with E-state index in [-0.39, 0.29) is 11.8 Å². The van der Waals surface area contributed by atoms with Gasteiger partial charge in [0.2, 0.25) is 0 Å². The van der Waals surface area contributed by atoms with Gasteiger partial charge in [0, 0.05) is 6.04 Å². The molecule has 0 aromatic heterocycles. The summed E-state index contributed by atoms with van der Waals surface area (Å²) in [5.74, 6) is 0.729. The molecule has 0 fully saturated rings. The lowest BCUT2D eigenvalue weighted by molar-refractivity contribution is 0.0120. The summed E-state index contributed by atoms with van der Waals surface area (Å²) in [6.07, 6.45) is 0. The average molecular weight is 412 g/mol. The highest BCUT2D eigenvalue weighted by Crippen LogP contribution is 2.24. The molecule has 3 aromatic carbocycles. The molecule has 0 aliphatic rings. The van der Waals surface area contributed by atoms with Crippen LogP contribution in [-0.4, -0.2) is 27.3 Å². The van der Waals surface area contributed by atoms with Crippen molar-refractivity contribution in [3.05, 3.63) is 84.4 Å². The van der Waals surface area contributed by atoms with E-state index in [0.29, 0.717) is 11.5 Å². The average Bonchev–Trinajstić information content (AvgIpc) is 2.74. The third-order valence-corrected chi connectivity index (χ3v) is 6.40. The van der Waals surface area contributed by atoms with E-state index in [9.17, 15) is 8.42 Å².